The third-order valence-electron chi connectivity index (χ3n) is 2.49. The fourth-order valence-electron chi connectivity index (χ4n) is 1.56. The van der Waals surface area contributed by atoms with Crippen LogP contribution in [0.15, 0.2) is 0 Å². The van der Waals surface area contributed by atoms with E-state index in [1.807, 2.05) is 0 Å². The van der Waals surface area contributed by atoms with E-state index in [4.69, 9.17) is 4.74 Å². The molecular formula is C9H18O2. The van der Waals surface area contributed by atoms with Gasteiger partial charge < -0.3 is 9.84 Å². The number of ether oxygens (including phenoxy) is 1. The number of hydrogen-bond donors (Lipinski definition) is 1. The van der Waals surface area contributed by atoms with Crippen LogP contribution in [0, 0.1) is 11.3 Å². The highest BCUT2D eigenvalue weighted by Crippen LogP contribution is 2.34. The maximum atomic E-state index is 9.22. The molecule has 2 nitrogen and oxygen atoms in total. The standard InChI is InChI=1S/C9H18O2/c1-9(2,3)7-4-5-11-8(10)6-7/h7-8,10H,4-6H2,1-3H3/t7-,8?/m1/s1. The van der Waals surface area contributed by atoms with Gasteiger partial charge in [-0.3, -0.25) is 0 Å². The van der Waals surface area contributed by atoms with E-state index in [9.17, 15) is 5.11 Å². The molecule has 1 saturated heterocycles. The number of rotatable bonds is 0. The van der Waals surface area contributed by atoms with Crippen LogP contribution in [-0.4, -0.2) is 18.0 Å². The zero-order valence-corrected chi connectivity index (χ0v) is 7.63. The molecule has 0 aromatic rings. The Balaban J connectivity index is 2.46. The molecule has 1 aliphatic heterocycles. The third kappa shape index (κ3) is 2.46. The molecule has 1 N–H and O–H groups in total. The zero-order chi connectivity index (χ0) is 8.48. The summed E-state index contributed by atoms with van der Waals surface area (Å²) in [4.78, 5) is 0. The smallest absolute Gasteiger partial charge is 0.154 e. The first-order valence-corrected chi connectivity index (χ1v) is 4.30. The maximum Gasteiger partial charge on any atom is 0.154 e. The van der Waals surface area contributed by atoms with Gasteiger partial charge in [-0.2, -0.15) is 0 Å². The van der Waals surface area contributed by atoms with Gasteiger partial charge in [0.05, 0.1) is 6.61 Å². The summed E-state index contributed by atoms with van der Waals surface area (Å²) in [6.07, 6.45) is 1.36. The lowest BCUT2D eigenvalue weighted by atomic mass is 9.76. The molecule has 0 radical (unpaired) electrons. The first-order chi connectivity index (χ1) is 5.00. The molecule has 11 heavy (non-hydrogen) atoms. The Labute approximate surface area is 68.6 Å². The lowest BCUT2D eigenvalue weighted by Gasteiger charge is -2.35. The van der Waals surface area contributed by atoms with Crippen molar-refractivity contribution in [2.75, 3.05) is 6.61 Å². The van der Waals surface area contributed by atoms with Crippen LogP contribution in [0.5, 0.6) is 0 Å². The first kappa shape index (κ1) is 9.01. The van der Waals surface area contributed by atoms with E-state index in [-0.39, 0.29) is 0 Å². The lowest BCUT2D eigenvalue weighted by molar-refractivity contribution is -0.150. The van der Waals surface area contributed by atoms with Gasteiger partial charge in [0.2, 0.25) is 0 Å². The van der Waals surface area contributed by atoms with Crippen molar-refractivity contribution in [3.8, 4) is 0 Å². The molecule has 2 atom stereocenters. The van der Waals surface area contributed by atoms with Crippen molar-refractivity contribution in [1.29, 1.82) is 0 Å². The van der Waals surface area contributed by atoms with Gasteiger partial charge in [-0.15, -0.1) is 0 Å². The first-order valence-electron chi connectivity index (χ1n) is 4.30. The van der Waals surface area contributed by atoms with Crippen LogP contribution in [0.4, 0.5) is 0 Å². The van der Waals surface area contributed by atoms with Crippen LogP contribution in [0.1, 0.15) is 33.6 Å². The van der Waals surface area contributed by atoms with Gasteiger partial charge in [0, 0.05) is 6.42 Å². The predicted octanol–water partition coefficient (Wildman–Crippen LogP) is 1.78. The monoisotopic (exact) mass is 158 g/mol. The average molecular weight is 158 g/mol. The zero-order valence-electron chi connectivity index (χ0n) is 7.63. The average Bonchev–Trinajstić information content (AvgIpc) is 1.86. The minimum absolute atomic E-state index is 0.310. The van der Waals surface area contributed by atoms with Gasteiger partial charge in [0.25, 0.3) is 0 Å². The van der Waals surface area contributed by atoms with Gasteiger partial charge in [0.15, 0.2) is 6.29 Å². The molecule has 0 aromatic carbocycles. The van der Waals surface area contributed by atoms with Gasteiger partial charge in [-0.25, -0.2) is 0 Å². The van der Waals surface area contributed by atoms with Gasteiger partial charge in [0.1, 0.15) is 0 Å². The summed E-state index contributed by atoms with van der Waals surface area (Å²) in [5.74, 6) is 0.603. The number of hydrogen-bond acceptors (Lipinski definition) is 2. The topological polar surface area (TPSA) is 29.5 Å². The fourth-order valence-corrected chi connectivity index (χ4v) is 1.56. The highest BCUT2D eigenvalue weighted by atomic mass is 16.6. The molecule has 0 saturated carbocycles. The highest BCUT2D eigenvalue weighted by Gasteiger charge is 2.29. The predicted molar refractivity (Wildman–Crippen MR) is 44.1 cm³/mol. The van der Waals surface area contributed by atoms with Crippen molar-refractivity contribution in [3.05, 3.63) is 0 Å². The molecule has 1 fully saturated rings. The third-order valence-corrected chi connectivity index (χ3v) is 2.49. The van der Waals surface area contributed by atoms with Crippen LogP contribution in [0.25, 0.3) is 0 Å². The van der Waals surface area contributed by atoms with E-state index in [1.54, 1.807) is 0 Å². The largest absolute Gasteiger partial charge is 0.368 e. The van der Waals surface area contributed by atoms with E-state index in [1.165, 1.54) is 0 Å². The van der Waals surface area contributed by atoms with E-state index in [0.717, 1.165) is 12.8 Å². The Hall–Kier alpha value is -0.0800. The van der Waals surface area contributed by atoms with E-state index < -0.39 is 6.29 Å². The maximum absolute atomic E-state index is 9.22. The minimum atomic E-state index is -0.520. The molecule has 2 heteroatoms. The van der Waals surface area contributed by atoms with Gasteiger partial charge >= 0.3 is 0 Å². The van der Waals surface area contributed by atoms with Crippen molar-refractivity contribution in [1.82, 2.24) is 0 Å². The molecule has 0 aromatic heterocycles. The SMILES string of the molecule is CC(C)(C)[C@@H]1CCOC(O)C1. The summed E-state index contributed by atoms with van der Waals surface area (Å²) in [6, 6.07) is 0. The fraction of sp³-hybridized carbons (Fsp3) is 1.00. The Kier molecular flexibility index (Phi) is 2.55. The summed E-state index contributed by atoms with van der Waals surface area (Å²) in [5, 5.41) is 9.22. The number of aliphatic hydroxyl groups excluding tert-OH is 1. The van der Waals surface area contributed by atoms with Crippen LogP contribution >= 0.6 is 0 Å². The van der Waals surface area contributed by atoms with E-state index in [2.05, 4.69) is 20.8 Å². The van der Waals surface area contributed by atoms with Crippen LogP contribution < -0.4 is 0 Å². The van der Waals surface area contributed by atoms with Crippen molar-refractivity contribution in [2.24, 2.45) is 11.3 Å². The molecule has 1 unspecified atom stereocenters. The molecular weight excluding hydrogens is 140 g/mol. The van der Waals surface area contributed by atoms with E-state index in [0.29, 0.717) is 17.9 Å². The Bertz CT molecular complexity index is 126. The normalized spacial score (nSPS) is 33.8. The Morgan fingerprint density at radius 3 is 2.36 bits per heavy atom. The summed E-state index contributed by atoms with van der Waals surface area (Å²) >= 11 is 0. The molecule has 1 rings (SSSR count). The molecule has 0 aliphatic carbocycles. The van der Waals surface area contributed by atoms with E-state index >= 15 is 0 Å². The highest BCUT2D eigenvalue weighted by molar-refractivity contribution is 4.77. The number of aliphatic hydroxyl groups is 1. The van der Waals surface area contributed by atoms with Crippen molar-refractivity contribution < 1.29 is 9.84 Å². The Morgan fingerprint density at radius 2 is 2.00 bits per heavy atom. The van der Waals surface area contributed by atoms with Crippen LogP contribution in [-0.2, 0) is 4.74 Å². The summed E-state index contributed by atoms with van der Waals surface area (Å²) in [5.41, 5.74) is 0.310. The van der Waals surface area contributed by atoms with Crippen molar-refractivity contribution >= 4 is 0 Å². The van der Waals surface area contributed by atoms with Crippen LogP contribution in [0.2, 0.25) is 0 Å². The molecule has 1 aliphatic rings. The van der Waals surface area contributed by atoms with Gasteiger partial charge in [-0.1, -0.05) is 20.8 Å². The second-order valence-electron chi connectivity index (χ2n) is 4.41. The second kappa shape index (κ2) is 3.11. The summed E-state index contributed by atoms with van der Waals surface area (Å²) in [6.45, 7) is 7.37. The van der Waals surface area contributed by atoms with Crippen molar-refractivity contribution in [3.63, 3.8) is 0 Å². The van der Waals surface area contributed by atoms with Crippen LogP contribution in [0.3, 0.4) is 0 Å². The molecule has 0 bridgehead atoms. The molecule has 66 valence electrons. The quantitative estimate of drug-likeness (QED) is 0.582. The van der Waals surface area contributed by atoms with Crippen molar-refractivity contribution in [2.45, 2.75) is 39.9 Å². The molecule has 0 spiro atoms. The second-order valence-corrected chi connectivity index (χ2v) is 4.41. The summed E-state index contributed by atoms with van der Waals surface area (Å²) in [7, 11) is 0. The van der Waals surface area contributed by atoms with Gasteiger partial charge in [-0.05, 0) is 17.8 Å². The molecule has 1 heterocycles. The lowest BCUT2D eigenvalue weighted by Crippen LogP contribution is -2.32. The summed E-state index contributed by atoms with van der Waals surface area (Å²) < 4.78 is 5.06. The minimum Gasteiger partial charge on any atom is -0.368 e. The molecule has 0 amide bonds. The Morgan fingerprint density at radius 1 is 1.36 bits per heavy atom.